The van der Waals surface area contributed by atoms with Crippen molar-refractivity contribution in [1.82, 2.24) is 4.90 Å². The molecule has 0 saturated heterocycles. The first-order valence-corrected chi connectivity index (χ1v) is 6.57. The Balaban J connectivity index is 2.55. The molecule has 0 aliphatic heterocycles. The molecule has 1 aromatic carbocycles. The van der Waals surface area contributed by atoms with Crippen molar-refractivity contribution in [1.29, 1.82) is 0 Å². The molecule has 0 aliphatic rings. The Morgan fingerprint density at radius 3 is 2.63 bits per heavy atom. The number of carbonyl (C=O) groups is 1. The smallest absolute Gasteiger partial charge is 0.255 e. The second-order valence-electron chi connectivity index (χ2n) is 3.67. The van der Waals surface area contributed by atoms with Crippen molar-refractivity contribution in [2.75, 3.05) is 25.4 Å². The third kappa shape index (κ3) is 5.52. The second kappa shape index (κ2) is 8.06. The lowest BCUT2D eigenvalue weighted by Crippen LogP contribution is -2.38. The standard InChI is InChI=1S/C12H14F3NO2S/c13-9-3-1-2-4-10(9)19-8-12(18)16(5-6-17)7-11(14)15/h1-4,11,17H,5-8H2. The number of thioether (sulfide) groups is 1. The first-order chi connectivity index (χ1) is 9.04. The summed E-state index contributed by atoms with van der Waals surface area (Å²) in [6, 6.07) is 5.92. The summed E-state index contributed by atoms with van der Waals surface area (Å²) in [6.45, 7) is -1.26. The lowest BCUT2D eigenvalue weighted by molar-refractivity contribution is -0.130. The molecule has 7 heteroatoms. The fraction of sp³-hybridized carbons (Fsp3) is 0.417. The van der Waals surface area contributed by atoms with Crippen molar-refractivity contribution >= 4 is 17.7 Å². The number of aliphatic hydroxyl groups is 1. The van der Waals surface area contributed by atoms with Crippen molar-refractivity contribution in [2.45, 2.75) is 11.3 Å². The summed E-state index contributed by atoms with van der Waals surface area (Å²) < 4.78 is 37.8. The van der Waals surface area contributed by atoms with Gasteiger partial charge in [0.25, 0.3) is 6.43 Å². The summed E-state index contributed by atoms with van der Waals surface area (Å²) in [7, 11) is 0. The van der Waals surface area contributed by atoms with Crippen LogP contribution in [0.3, 0.4) is 0 Å². The minimum absolute atomic E-state index is 0.145. The van der Waals surface area contributed by atoms with E-state index >= 15 is 0 Å². The molecule has 0 spiro atoms. The Morgan fingerprint density at radius 1 is 1.37 bits per heavy atom. The Bertz CT molecular complexity index is 418. The number of aliphatic hydroxyl groups excluding tert-OH is 1. The van der Waals surface area contributed by atoms with E-state index in [-0.39, 0.29) is 23.8 Å². The highest BCUT2D eigenvalue weighted by molar-refractivity contribution is 8.00. The van der Waals surface area contributed by atoms with Gasteiger partial charge >= 0.3 is 0 Å². The predicted octanol–water partition coefficient (Wildman–Crippen LogP) is 2.00. The van der Waals surface area contributed by atoms with Crippen LogP contribution in [0, 0.1) is 5.82 Å². The quantitative estimate of drug-likeness (QED) is 0.782. The van der Waals surface area contributed by atoms with E-state index in [4.69, 9.17) is 5.11 Å². The van der Waals surface area contributed by atoms with Crippen molar-refractivity contribution < 1.29 is 23.1 Å². The van der Waals surface area contributed by atoms with Crippen LogP contribution >= 0.6 is 11.8 Å². The molecule has 0 bridgehead atoms. The highest BCUT2D eigenvalue weighted by Gasteiger charge is 2.18. The third-order valence-corrected chi connectivity index (χ3v) is 3.30. The average molecular weight is 293 g/mol. The van der Waals surface area contributed by atoms with Gasteiger partial charge in [-0.2, -0.15) is 0 Å². The number of benzene rings is 1. The van der Waals surface area contributed by atoms with Crippen LogP contribution in [0.15, 0.2) is 29.2 Å². The number of halogens is 3. The van der Waals surface area contributed by atoms with Gasteiger partial charge in [-0.25, -0.2) is 13.2 Å². The second-order valence-corrected chi connectivity index (χ2v) is 4.69. The summed E-state index contributed by atoms with van der Waals surface area (Å²) in [5.41, 5.74) is 0. The van der Waals surface area contributed by atoms with Crippen LogP contribution in [-0.2, 0) is 4.79 Å². The number of carbonyl (C=O) groups excluding carboxylic acids is 1. The average Bonchev–Trinajstić information content (AvgIpc) is 2.36. The minimum atomic E-state index is -2.66. The molecule has 0 aliphatic carbocycles. The van der Waals surface area contributed by atoms with E-state index < -0.39 is 24.7 Å². The zero-order valence-electron chi connectivity index (χ0n) is 10.1. The number of hydrogen-bond donors (Lipinski definition) is 1. The molecule has 1 aromatic rings. The molecule has 0 heterocycles. The molecular formula is C12H14F3NO2S. The Morgan fingerprint density at radius 2 is 2.05 bits per heavy atom. The van der Waals surface area contributed by atoms with Crippen LogP contribution in [0.5, 0.6) is 0 Å². The minimum Gasteiger partial charge on any atom is -0.395 e. The predicted molar refractivity (Wildman–Crippen MR) is 66.8 cm³/mol. The fourth-order valence-corrected chi connectivity index (χ4v) is 2.24. The van der Waals surface area contributed by atoms with Crippen LogP contribution in [-0.4, -0.2) is 47.8 Å². The van der Waals surface area contributed by atoms with Gasteiger partial charge in [0, 0.05) is 11.4 Å². The van der Waals surface area contributed by atoms with Gasteiger partial charge in [0.15, 0.2) is 0 Å². The number of alkyl halides is 2. The lowest BCUT2D eigenvalue weighted by atomic mass is 10.3. The zero-order chi connectivity index (χ0) is 14.3. The maximum Gasteiger partial charge on any atom is 0.255 e. The summed E-state index contributed by atoms with van der Waals surface area (Å²) in [4.78, 5) is 12.9. The highest BCUT2D eigenvalue weighted by atomic mass is 32.2. The Labute approximate surface area is 113 Å². The van der Waals surface area contributed by atoms with E-state index in [1.807, 2.05) is 0 Å². The van der Waals surface area contributed by atoms with Crippen molar-refractivity contribution in [3.05, 3.63) is 30.1 Å². The SMILES string of the molecule is O=C(CSc1ccccc1F)N(CCO)CC(F)F. The summed E-state index contributed by atoms with van der Waals surface area (Å²) in [5, 5.41) is 8.72. The molecule has 1 rings (SSSR count). The number of hydrogen-bond acceptors (Lipinski definition) is 3. The zero-order valence-corrected chi connectivity index (χ0v) is 10.9. The van der Waals surface area contributed by atoms with Gasteiger partial charge in [0.1, 0.15) is 5.82 Å². The van der Waals surface area contributed by atoms with Crippen molar-refractivity contribution in [3.63, 3.8) is 0 Å². The summed E-state index contributed by atoms with van der Waals surface area (Å²) >= 11 is 0.944. The molecule has 0 radical (unpaired) electrons. The van der Waals surface area contributed by atoms with Gasteiger partial charge in [0.2, 0.25) is 5.91 Å². The number of amides is 1. The van der Waals surface area contributed by atoms with E-state index in [1.54, 1.807) is 6.07 Å². The maximum atomic E-state index is 13.3. The normalized spacial score (nSPS) is 10.8. The first kappa shape index (κ1) is 15.8. The van der Waals surface area contributed by atoms with E-state index in [0.29, 0.717) is 0 Å². The van der Waals surface area contributed by atoms with Crippen LogP contribution < -0.4 is 0 Å². The molecule has 0 atom stereocenters. The first-order valence-electron chi connectivity index (χ1n) is 5.58. The molecule has 1 N–H and O–H groups in total. The Kier molecular flexibility index (Phi) is 6.72. The van der Waals surface area contributed by atoms with Crippen LogP contribution in [0.25, 0.3) is 0 Å². The third-order valence-electron chi connectivity index (χ3n) is 2.27. The highest BCUT2D eigenvalue weighted by Crippen LogP contribution is 2.21. The van der Waals surface area contributed by atoms with E-state index in [9.17, 15) is 18.0 Å². The maximum absolute atomic E-state index is 13.3. The van der Waals surface area contributed by atoms with Crippen molar-refractivity contribution in [3.8, 4) is 0 Å². The van der Waals surface area contributed by atoms with E-state index in [0.717, 1.165) is 16.7 Å². The molecule has 3 nitrogen and oxygen atoms in total. The fourth-order valence-electron chi connectivity index (χ4n) is 1.40. The van der Waals surface area contributed by atoms with Gasteiger partial charge in [0.05, 0.1) is 18.9 Å². The largest absolute Gasteiger partial charge is 0.395 e. The van der Waals surface area contributed by atoms with Crippen LogP contribution in [0.1, 0.15) is 0 Å². The van der Waals surface area contributed by atoms with Crippen LogP contribution in [0.4, 0.5) is 13.2 Å². The summed E-state index contributed by atoms with van der Waals surface area (Å²) in [6.07, 6.45) is -2.66. The van der Waals surface area contributed by atoms with E-state index in [1.165, 1.54) is 18.2 Å². The van der Waals surface area contributed by atoms with Gasteiger partial charge in [-0.3, -0.25) is 4.79 Å². The number of rotatable bonds is 7. The molecule has 0 aromatic heterocycles. The molecule has 1 amide bonds. The molecular weight excluding hydrogens is 279 g/mol. The van der Waals surface area contributed by atoms with Gasteiger partial charge in [-0.15, -0.1) is 11.8 Å². The Hall–Kier alpha value is -1.21. The van der Waals surface area contributed by atoms with Gasteiger partial charge in [-0.1, -0.05) is 12.1 Å². The van der Waals surface area contributed by atoms with Gasteiger partial charge in [-0.05, 0) is 12.1 Å². The molecule has 106 valence electrons. The number of nitrogens with zero attached hydrogens (tertiary/aromatic N) is 1. The van der Waals surface area contributed by atoms with Crippen molar-refractivity contribution in [2.24, 2.45) is 0 Å². The van der Waals surface area contributed by atoms with Gasteiger partial charge < -0.3 is 10.0 Å². The molecule has 0 saturated carbocycles. The lowest BCUT2D eigenvalue weighted by Gasteiger charge is -2.21. The summed E-state index contributed by atoms with van der Waals surface area (Å²) in [5.74, 6) is -1.15. The topological polar surface area (TPSA) is 40.5 Å². The molecule has 0 fully saturated rings. The monoisotopic (exact) mass is 293 g/mol. The molecule has 19 heavy (non-hydrogen) atoms. The van der Waals surface area contributed by atoms with E-state index in [2.05, 4.69) is 0 Å². The van der Waals surface area contributed by atoms with Crippen LogP contribution in [0.2, 0.25) is 0 Å². The molecule has 0 unspecified atom stereocenters.